The second kappa shape index (κ2) is 12.3. The van der Waals surface area contributed by atoms with Gasteiger partial charge in [-0.3, -0.25) is 9.59 Å². The summed E-state index contributed by atoms with van der Waals surface area (Å²) in [5.74, 6) is -0.832. The third-order valence-electron chi connectivity index (χ3n) is 4.96. The zero-order valence-corrected chi connectivity index (χ0v) is 17.3. The van der Waals surface area contributed by atoms with E-state index >= 15 is 0 Å². The minimum atomic E-state index is -1.40. The lowest BCUT2D eigenvalue weighted by Gasteiger charge is -2.30. The predicted octanol–water partition coefficient (Wildman–Crippen LogP) is 5.83. The number of carbonyl (C=O) groups excluding carboxylic acids is 1. The molecule has 4 heteroatoms. The molecule has 25 heavy (non-hydrogen) atoms. The van der Waals surface area contributed by atoms with Gasteiger partial charge in [-0.05, 0) is 56.8 Å². The molecule has 1 N–H and O–H groups in total. The van der Waals surface area contributed by atoms with E-state index in [-0.39, 0.29) is 6.10 Å². The molecular formula is C21H40O4. The van der Waals surface area contributed by atoms with E-state index in [1.165, 1.54) is 0 Å². The minimum Gasteiger partial charge on any atom is -0.480 e. The largest absolute Gasteiger partial charge is 0.480 e. The number of rotatable bonds is 14. The van der Waals surface area contributed by atoms with Gasteiger partial charge < -0.3 is 9.84 Å². The highest BCUT2D eigenvalue weighted by molar-refractivity contribution is 5.99. The molecule has 0 aromatic rings. The Bertz CT molecular complexity index is 375. The monoisotopic (exact) mass is 356 g/mol. The van der Waals surface area contributed by atoms with E-state index in [0.717, 1.165) is 32.1 Å². The second-order valence-corrected chi connectivity index (χ2v) is 8.18. The van der Waals surface area contributed by atoms with E-state index in [0.29, 0.717) is 37.5 Å². The molecule has 0 aliphatic carbocycles. The minimum absolute atomic E-state index is 0.170. The zero-order chi connectivity index (χ0) is 19.5. The van der Waals surface area contributed by atoms with E-state index in [4.69, 9.17) is 4.74 Å². The lowest BCUT2D eigenvalue weighted by molar-refractivity contribution is -0.174. The molecule has 148 valence electrons. The van der Waals surface area contributed by atoms with Gasteiger partial charge in [0, 0.05) is 0 Å². The summed E-state index contributed by atoms with van der Waals surface area (Å²) in [6.45, 7) is 12.4. The van der Waals surface area contributed by atoms with Crippen molar-refractivity contribution in [1.29, 1.82) is 0 Å². The van der Waals surface area contributed by atoms with Crippen LogP contribution in [0.1, 0.15) is 99.3 Å². The number of aliphatic carboxylic acids is 1. The molecule has 1 unspecified atom stereocenters. The van der Waals surface area contributed by atoms with Crippen molar-refractivity contribution < 1.29 is 19.4 Å². The van der Waals surface area contributed by atoms with Crippen molar-refractivity contribution in [3.8, 4) is 0 Å². The van der Waals surface area contributed by atoms with Gasteiger partial charge in [-0.1, -0.05) is 54.4 Å². The Morgan fingerprint density at radius 3 is 1.80 bits per heavy atom. The van der Waals surface area contributed by atoms with Crippen LogP contribution in [0.15, 0.2) is 0 Å². The molecule has 0 aliphatic rings. The second-order valence-electron chi connectivity index (χ2n) is 8.18. The van der Waals surface area contributed by atoms with Crippen molar-refractivity contribution in [3.63, 3.8) is 0 Å². The smallest absolute Gasteiger partial charge is 0.323 e. The summed E-state index contributed by atoms with van der Waals surface area (Å²) < 4.78 is 5.72. The van der Waals surface area contributed by atoms with Crippen LogP contribution in [0.2, 0.25) is 0 Å². The average molecular weight is 357 g/mol. The number of ether oxygens (including phenoxy) is 1. The fourth-order valence-electron chi connectivity index (χ4n) is 2.93. The standard InChI is InChI=1S/C21H40O4/c1-7-9-10-11-18(8-2)25-20(24)21(19(22)23,14-12-16(3)4)15-13-17(5)6/h16-18H,7-15H2,1-6H3,(H,22,23). The molecule has 0 bridgehead atoms. The van der Waals surface area contributed by atoms with Gasteiger partial charge >= 0.3 is 11.9 Å². The Morgan fingerprint density at radius 1 is 0.920 bits per heavy atom. The van der Waals surface area contributed by atoms with Crippen LogP contribution in [-0.2, 0) is 14.3 Å². The summed E-state index contributed by atoms with van der Waals surface area (Å²) in [5.41, 5.74) is -1.40. The lowest BCUT2D eigenvalue weighted by atomic mass is 9.76. The van der Waals surface area contributed by atoms with E-state index in [2.05, 4.69) is 34.6 Å². The fourth-order valence-corrected chi connectivity index (χ4v) is 2.93. The Hall–Kier alpha value is -1.06. The summed E-state index contributed by atoms with van der Waals surface area (Å²) in [6, 6.07) is 0. The number of hydrogen-bond acceptors (Lipinski definition) is 3. The molecule has 0 saturated carbocycles. The summed E-state index contributed by atoms with van der Waals surface area (Å²) >= 11 is 0. The summed E-state index contributed by atoms with van der Waals surface area (Å²) in [5, 5.41) is 9.92. The third-order valence-corrected chi connectivity index (χ3v) is 4.96. The van der Waals surface area contributed by atoms with Crippen LogP contribution in [0, 0.1) is 17.3 Å². The van der Waals surface area contributed by atoms with E-state index in [9.17, 15) is 14.7 Å². The number of unbranched alkanes of at least 4 members (excludes halogenated alkanes) is 2. The molecule has 0 aromatic carbocycles. The Kier molecular flexibility index (Phi) is 11.8. The molecule has 0 rings (SSSR count). The number of carbonyl (C=O) groups is 2. The van der Waals surface area contributed by atoms with Crippen molar-refractivity contribution >= 4 is 11.9 Å². The van der Waals surface area contributed by atoms with Gasteiger partial charge in [0.25, 0.3) is 0 Å². The Labute approximate surface area is 154 Å². The number of carboxylic acid groups (broad SMARTS) is 1. The maximum absolute atomic E-state index is 12.9. The van der Waals surface area contributed by atoms with Crippen molar-refractivity contribution in [3.05, 3.63) is 0 Å². The van der Waals surface area contributed by atoms with Crippen molar-refractivity contribution in [2.45, 2.75) is 105 Å². The summed E-state index contributed by atoms with van der Waals surface area (Å²) in [4.78, 5) is 25.0. The molecule has 0 aromatic heterocycles. The zero-order valence-electron chi connectivity index (χ0n) is 17.3. The van der Waals surface area contributed by atoms with Gasteiger partial charge in [0.15, 0.2) is 5.41 Å². The van der Waals surface area contributed by atoms with Crippen LogP contribution < -0.4 is 0 Å². The molecule has 0 aliphatic heterocycles. The Morgan fingerprint density at radius 2 is 1.44 bits per heavy atom. The van der Waals surface area contributed by atoms with Crippen LogP contribution >= 0.6 is 0 Å². The van der Waals surface area contributed by atoms with Crippen molar-refractivity contribution in [1.82, 2.24) is 0 Å². The SMILES string of the molecule is CCCCCC(CC)OC(=O)C(CCC(C)C)(CCC(C)C)C(=O)O. The third kappa shape index (κ3) is 8.73. The van der Waals surface area contributed by atoms with Crippen LogP contribution in [0.4, 0.5) is 0 Å². The van der Waals surface area contributed by atoms with E-state index in [1.807, 2.05) is 6.92 Å². The number of hydrogen-bond donors (Lipinski definition) is 1. The van der Waals surface area contributed by atoms with Crippen molar-refractivity contribution in [2.24, 2.45) is 17.3 Å². The molecule has 0 radical (unpaired) electrons. The van der Waals surface area contributed by atoms with Crippen LogP contribution in [0.3, 0.4) is 0 Å². The topological polar surface area (TPSA) is 63.6 Å². The first-order valence-electron chi connectivity index (χ1n) is 10.1. The highest BCUT2D eigenvalue weighted by Crippen LogP contribution is 2.35. The van der Waals surface area contributed by atoms with Gasteiger partial charge in [-0.2, -0.15) is 0 Å². The number of carboxylic acids is 1. The molecule has 0 spiro atoms. The summed E-state index contributed by atoms with van der Waals surface area (Å²) in [7, 11) is 0. The predicted molar refractivity (Wildman–Crippen MR) is 103 cm³/mol. The van der Waals surface area contributed by atoms with Crippen LogP contribution in [0.5, 0.6) is 0 Å². The first-order valence-corrected chi connectivity index (χ1v) is 10.1. The van der Waals surface area contributed by atoms with E-state index in [1.54, 1.807) is 0 Å². The lowest BCUT2D eigenvalue weighted by Crippen LogP contribution is -2.43. The molecule has 0 saturated heterocycles. The van der Waals surface area contributed by atoms with Gasteiger partial charge in [-0.25, -0.2) is 0 Å². The van der Waals surface area contributed by atoms with Gasteiger partial charge in [-0.15, -0.1) is 0 Å². The fraction of sp³-hybridized carbons (Fsp3) is 0.905. The highest BCUT2D eigenvalue weighted by Gasteiger charge is 2.47. The van der Waals surface area contributed by atoms with Crippen LogP contribution in [-0.4, -0.2) is 23.1 Å². The molecule has 0 amide bonds. The number of esters is 1. The molecule has 0 fully saturated rings. The van der Waals surface area contributed by atoms with Crippen molar-refractivity contribution in [2.75, 3.05) is 0 Å². The molecule has 4 nitrogen and oxygen atoms in total. The normalized spacial score (nSPS) is 13.3. The quantitative estimate of drug-likeness (QED) is 0.241. The van der Waals surface area contributed by atoms with Crippen LogP contribution in [0.25, 0.3) is 0 Å². The maximum atomic E-state index is 12.9. The van der Waals surface area contributed by atoms with Gasteiger partial charge in [0.1, 0.15) is 6.10 Å². The highest BCUT2D eigenvalue weighted by atomic mass is 16.5. The first kappa shape index (κ1) is 23.9. The average Bonchev–Trinajstić information content (AvgIpc) is 2.53. The van der Waals surface area contributed by atoms with E-state index < -0.39 is 17.4 Å². The molecule has 1 atom stereocenters. The molecule has 0 heterocycles. The molecular weight excluding hydrogens is 316 g/mol. The summed E-state index contributed by atoms with van der Waals surface area (Å²) in [6.07, 6.45) is 6.77. The van der Waals surface area contributed by atoms with Gasteiger partial charge in [0.05, 0.1) is 0 Å². The maximum Gasteiger partial charge on any atom is 0.323 e. The van der Waals surface area contributed by atoms with Gasteiger partial charge in [0.2, 0.25) is 0 Å². The first-order chi connectivity index (χ1) is 11.7. The Balaban J connectivity index is 5.23.